The van der Waals surface area contributed by atoms with Crippen molar-refractivity contribution in [1.29, 1.82) is 0 Å². The standard InChI is InChI=1S/C11H15BrFN/c1-3-8(2)14-7-9-4-5-10(12)6-11(9)13/h4-6,8,14H,3,7H2,1-2H3. The average Bonchev–Trinajstić information content (AvgIpc) is 2.16. The van der Waals surface area contributed by atoms with Crippen LogP contribution in [0.3, 0.4) is 0 Å². The molecule has 0 aliphatic heterocycles. The zero-order chi connectivity index (χ0) is 10.6. The topological polar surface area (TPSA) is 12.0 Å². The molecule has 1 unspecified atom stereocenters. The maximum atomic E-state index is 13.3. The molecule has 0 amide bonds. The van der Waals surface area contributed by atoms with Crippen molar-refractivity contribution in [3.05, 3.63) is 34.1 Å². The van der Waals surface area contributed by atoms with Crippen molar-refractivity contribution in [2.45, 2.75) is 32.9 Å². The second-order valence-electron chi connectivity index (χ2n) is 3.43. The van der Waals surface area contributed by atoms with E-state index < -0.39 is 0 Å². The van der Waals surface area contributed by atoms with E-state index in [1.807, 2.05) is 6.07 Å². The molecular formula is C11H15BrFN. The Morgan fingerprint density at radius 3 is 2.79 bits per heavy atom. The lowest BCUT2D eigenvalue weighted by Crippen LogP contribution is -2.24. The van der Waals surface area contributed by atoms with Crippen LogP contribution in [0.5, 0.6) is 0 Å². The van der Waals surface area contributed by atoms with Crippen LogP contribution in [0.4, 0.5) is 4.39 Å². The maximum absolute atomic E-state index is 13.3. The molecule has 0 saturated heterocycles. The fourth-order valence-electron chi connectivity index (χ4n) is 1.09. The molecule has 1 aromatic carbocycles. The Morgan fingerprint density at radius 1 is 1.50 bits per heavy atom. The van der Waals surface area contributed by atoms with E-state index >= 15 is 0 Å². The summed E-state index contributed by atoms with van der Waals surface area (Å²) >= 11 is 3.23. The summed E-state index contributed by atoms with van der Waals surface area (Å²) in [6, 6.07) is 5.58. The minimum atomic E-state index is -0.157. The molecule has 0 aliphatic carbocycles. The van der Waals surface area contributed by atoms with Crippen LogP contribution in [0.1, 0.15) is 25.8 Å². The van der Waals surface area contributed by atoms with Crippen molar-refractivity contribution in [2.24, 2.45) is 0 Å². The number of rotatable bonds is 4. The first-order valence-electron chi connectivity index (χ1n) is 4.80. The smallest absolute Gasteiger partial charge is 0.128 e. The first-order chi connectivity index (χ1) is 6.63. The third-order valence-corrected chi connectivity index (χ3v) is 2.76. The summed E-state index contributed by atoms with van der Waals surface area (Å²) in [7, 11) is 0. The monoisotopic (exact) mass is 259 g/mol. The van der Waals surface area contributed by atoms with Crippen LogP contribution >= 0.6 is 15.9 Å². The fourth-order valence-corrected chi connectivity index (χ4v) is 1.43. The minimum Gasteiger partial charge on any atom is -0.310 e. The molecule has 1 aromatic rings. The third-order valence-electron chi connectivity index (χ3n) is 2.27. The predicted molar refractivity (Wildman–Crippen MR) is 60.7 cm³/mol. The Hall–Kier alpha value is -0.410. The highest BCUT2D eigenvalue weighted by Gasteiger charge is 2.03. The second-order valence-corrected chi connectivity index (χ2v) is 4.34. The number of benzene rings is 1. The maximum Gasteiger partial charge on any atom is 0.128 e. The molecular weight excluding hydrogens is 245 g/mol. The van der Waals surface area contributed by atoms with Crippen molar-refractivity contribution in [3.8, 4) is 0 Å². The molecule has 0 aliphatic rings. The fraction of sp³-hybridized carbons (Fsp3) is 0.455. The number of hydrogen-bond donors (Lipinski definition) is 1. The summed E-state index contributed by atoms with van der Waals surface area (Å²) in [4.78, 5) is 0. The highest BCUT2D eigenvalue weighted by Crippen LogP contribution is 2.15. The molecule has 3 heteroatoms. The van der Waals surface area contributed by atoms with Crippen molar-refractivity contribution in [3.63, 3.8) is 0 Å². The van der Waals surface area contributed by atoms with Gasteiger partial charge in [0.05, 0.1) is 0 Å². The van der Waals surface area contributed by atoms with E-state index in [4.69, 9.17) is 0 Å². The summed E-state index contributed by atoms with van der Waals surface area (Å²) in [5.41, 5.74) is 0.716. The highest BCUT2D eigenvalue weighted by atomic mass is 79.9. The molecule has 0 aromatic heterocycles. The molecule has 0 fully saturated rings. The zero-order valence-electron chi connectivity index (χ0n) is 8.48. The van der Waals surface area contributed by atoms with Crippen LogP contribution in [0, 0.1) is 5.82 Å². The van der Waals surface area contributed by atoms with Crippen LogP contribution in [0.25, 0.3) is 0 Å². The first kappa shape index (κ1) is 11.7. The van der Waals surface area contributed by atoms with E-state index in [-0.39, 0.29) is 5.82 Å². The van der Waals surface area contributed by atoms with Gasteiger partial charge in [-0.3, -0.25) is 0 Å². The SMILES string of the molecule is CCC(C)NCc1ccc(Br)cc1F. The Labute approximate surface area is 92.8 Å². The van der Waals surface area contributed by atoms with Crippen molar-refractivity contribution in [1.82, 2.24) is 5.32 Å². The average molecular weight is 260 g/mol. The van der Waals surface area contributed by atoms with Gasteiger partial charge < -0.3 is 5.32 Å². The van der Waals surface area contributed by atoms with Gasteiger partial charge >= 0.3 is 0 Å². The van der Waals surface area contributed by atoms with Gasteiger partial charge in [0, 0.05) is 22.6 Å². The summed E-state index contributed by atoms with van der Waals surface area (Å²) in [5.74, 6) is -0.157. The van der Waals surface area contributed by atoms with Gasteiger partial charge in [-0.25, -0.2) is 4.39 Å². The van der Waals surface area contributed by atoms with Crippen LogP contribution < -0.4 is 5.32 Å². The molecule has 0 spiro atoms. The van der Waals surface area contributed by atoms with E-state index in [2.05, 4.69) is 35.1 Å². The third kappa shape index (κ3) is 3.39. The van der Waals surface area contributed by atoms with Gasteiger partial charge in [0.25, 0.3) is 0 Å². The van der Waals surface area contributed by atoms with Gasteiger partial charge in [0.2, 0.25) is 0 Å². The zero-order valence-corrected chi connectivity index (χ0v) is 10.1. The van der Waals surface area contributed by atoms with Gasteiger partial charge in [-0.05, 0) is 25.5 Å². The minimum absolute atomic E-state index is 0.157. The van der Waals surface area contributed by atoms with E-state index in [9.17, 15) is 4.39 Å². The number of halogens is 2. The van der Waals surface area contributed by atoms with E-state index in [1.54, 1.807) is 6.07 Å². The van der Waals surface area contributed by atoms with Gasteiger partial charge in [-0.1, -0.05) is 28.9 Å². The molecule has 1 nitrogen and oxygen atoms in total. The molecule has 0 heterocycles. The normalized spacial score (nSPS) is 12.9. The lowest BCUT2D eigenvalue weighted by atomic mass is 10.2. The second kappa shape index (κ2) is 5.47. The van der Waals surface area contributed by atoms with Crippen LogP contribution in [-0.4, -0.2) is 6.04 Å². The molecule has 0 saturated carbocycles. The number of hydrogen-bond acceptors (Lipinski definition) is 1. The van der Waals surface area contributed by atoms with E-state index in [1.165, 1.54) is 6.07 Å². The quantitative estimate of drug-likeness (QED) is 0.873. The predicted octanol–water partition coefficient (Wildman–Crippen LogP) is 3.48. The van der Waals surface area contributed by atoms with Crippen LogP contribution in [0.2, 0.25) is 0 Å². The van der Waals surface area contributed by atoms with Gasteiger partial charge in [-0.15, -0.1) is 0 Å². The molecule has 0 bridgehead atoms. The van der Waals surface area contributed by atoms with Gasteiger partial charge in [0.15, 0.2) is 0 Å². The Morgan fingerprint density at radius 2 is 2.21 bits per heavy atom. The van der Waals surface area contributed by atoms with Gasteiger partial charge in [-0.2, -0.15) is 0 Å². The molecule has 14 heavy (non-hydrogen) atoms. The molecule has 1 atom stereocenters. The van der Waals surface area contributed by atoms with Crippen LogP contribution in [-0.2, 0) is 6.54 Å². The highest BCUT2D eigenvalue weighted by molar-refractivity contribution is 9.10. The Bertz CT molecular complexity index is 301. The molecule has 78 valence electrons. The lowest BCUT2D eigenvalue weighted by molar-refractivity contribution is 0.517. The Kier molecular flexibility index (Phi) is 4.55. The lowest BCUT2D eigenvalue weighted by Gasteiger charge is -2.11. The van der Waals surface area contributed by atoms with Gasteiger partial charge in [0.1, 0.15) is 5.82 Å². The van der Waals surface area contributed by atoms with E-state index in [0.717, 1.165) is 10.9 Å². The summed E-state index contributed by atoms with van der Waals surface area (Å²) in [6.07, 6.45) is 1.05. The number of nitrogens with one attached hydrogen (secondary N) is 1. The van der Waals surface area contributed by atoms with Crippen molar-refractivity contribution in [2.75, 3.05) is 0 Å². The first-order valence-corrected chi connectivity index (χ1v) is 5.60. The molecule has 1 N–H and O–H groups in total. The molecule has 0 radical (unpaired) electrons. The largest absolute Gasteiger partial charge is 0.310 e. The molecule has 1 rings (SSSR count). The summed E-state index contributed by atoms with van der Waals surface area (Å²) < 4.78 is 14.1. The van der Waals surface area contributed by atoms with Crippen LogP contribution in [0.15, 0.2) is 22.7 Å². The Balaban J connectivity index is 2.59. The van der Waals surface area contributed by atoms with E-state index in [0.29, 0.717) is 18.2 Å². The van der Waals surface area contributed by atoms with Crippen molar-refractivity contribution < 1.29 is 4.39 Å². The van der Waals surface area contributed by atoms with Crippen molar-refractivity contribution >= 4 is 15.9 Å². The summed E-state index contributed by atoms with van der Waals surface area (Å²) in [6.45, 7) is 4.79. The summed E-state index contributed by atoms with van der Waals surface area (Å²) in [5, 5.41) is 3.25.